The number of benzene rings is 9. The summed E-state index contributed by atoms with van der Waals surface area (Å²) in [6.45, 7) is 0. The zero-order valence-electron chi connectivity index (χ0n) is 35.8. The molecule has 4 heteroatoms. The molecular weight excluding hydrogens is 709 g/mol. The van der Waals surface area contributed by atoms with Gasteiger partial charge in [0.2, 0.25) is 0 Å². The predicted octanol–water partition coefficient (Wildman–Crippen LogP) is 15.0. The van der Waals surface area contributed by atoms with Crippen molar-refractivity contribution in [2.75, 3.05) is 0 Å². The van der Waals surface area contributed by atoms with Crippen molar-refractivity contribution in [3.8, 4) is 33.6 Å². The van der Waals surface area contributed by atoms with Crippen molar-refractivity contribution in [1.29, 1.82) is 0 Å². The molecule has 0 aliphatic heterocycles. The molecule has 0 unspecified atom stereocenters. The summed E-state index contributed by atoms with van der Waals surface area (Å²) in [4.78, 5) is 0. The lowest BCUT2D eigenvalue weighted by Gasteiger charge is -2.10. The Morgan fingerprint density at radius 3 is 1.76 bits per heavy atom. The van der Waals surface area contributed by atoms with Crippen molar-refractivity contribution in [3.05, 3.63) is 194 Å². The highest BCUT2D eigenvalue weighted by Crippen LogP contribution is 2.42. The number of aromatic nitrogens is 2. The van der Waals surface area contributed by atoms with E-state index in [1.54, 1.807) is 12.1 Å². The highest BCUT2D eigenvalue weighted by Gasteiger charge is 2.20. The summed E-state index contributed by atoms with van der Waals surface area (Å²) in [6.07, 6.45) is 0. The fraction of sp³-hybridized carbons (Fsp3) is 0. The monoisotopic (exact) mass is 745 g/mol. The van der Waals surface area contributed by atoms with Crippen LogP contribution in [0.25, 0.3) is 121 Å². The number of fused-ring (bicyclic) bond motifs is 12. The van der Waals surface area contributed by atoms with E-state index in [1.165, 1.54) is 0 Å². The third-order valence-electron chi connectivity index (χ3n) is 11.8. The molecule has 13 aromatic rings. The quantitative estimate of drug-likeness (QED) is 0.180. The van der Waals surface area contributed by atoms with Gasteiger partial charge in [-0.15, -0.1) is 0 Å². The lowest BCUT2D eigenvalue weighted by Crippen LogP contribution is -1.94. The Bertz CT molecular complexity index is 4090. The van der Waals surface area contributed by atoms with Gasteiger partial charge in [-0.25, -0.2) is 0 Å². The van der Waals surface area contributed by atoms with E-state index in [-0.39, 0.29) is 29.7 Å². The summed E-state index contributed by atoms with van der Waals surface area (Å²) >= 11 is 0. The standard InChI is InChI=1S/C54H32N2O2/c1-2-12-33(13-3-1)37-17-11-23-52-53(37)44-32-36(26-29-51(44)57-52)55-45-19-7-4-14-38(45)42-30-34(24-27-47(42)55)35-25-28-48-43(31-35)39-15-5-8-20-46(39)56(48)49-21-10-18-41-40-16-6-9-22-50(40)58-54(41)49/h1-32H/i1D,2D,3D,12D,13D. The van der Waals surface area contributed by atoms with Crippen LogP contribution in [-0.2, 0) is 0 Å². The van der Waals surface area contributed by atoms with Crippen molar-refractivity contribution >= 4 is 87.5 Å². The van der Waals surface area contributed by atoms with Gasteiger partial charge < -0.3 is 18.0 Å². The van der Waals surface area contributed by atoms with Crippen LogP contribution in [0.1, 0.15) is 6.85 Å². The van der Waals surface area contributed by atoms with Gasteiger partial charge >= 0.3 is 0 Å². The number of hydrogen-bond acceptors (Lipinski definition) is 2. The molecule has 4 aromatic heterocycles. The summed E-state index contributed by atoms with van der Waals surface area (Å²) in [5, 5.41) is 8.22. The number of nitrogens with zero attached hydrogens (tertiary/aromatic N) is 2. The van der Waals surface area contributed by atoms with Crippen LogP contribution >= 0.6 is 0 Å². The van der Waals surface area contributed by atoms with Gasteiger partial charge in [0.05, 0.1) is 34.6 Å². The first kappa shape index (κ1) is 26.9. The predicted molar refractivity (Wildman–Crippen MR) is 241 cm³/mol. The summed E-state index contributed by atoms with van der Waals surface area (Å²) < 4.78 is 59.9. The maximum atomic E-state index is 8.77. The van der Waals surface area contributed by atoms with E-state index in [0.29, 0.717) is 22.1 Å². The Kier molecular flexibility index (Phi) is 5.49. The van der Waals surface area contributed by atoms with E-state index in [0.717, 1.165) is 93.4 Å². The molecule has 58 heavy (non-hydrogen) atoms. The van der Waals surface area contributed by atoms with Crippen molar-refractivity contribution < 1.29 is 15.7 Å². The second-order valence-corrected chi connectivity index (χ2v) is 14.9. The van der Waals surface area contributed by atoms with Crippen LogP contribution in [0.4, 0.5) is 0 Å². The minimum Gasteiger partial charge on any atom is -0.456 e. The summed E-state index contributed by atoms with van der Waals surface area (Å²) in [6, 6.07) is 54.8. The fourth-order valence-electron chi connectivity index (χ4n) is 9.30. The van der Waals surface area contributed by atoms with E-state index in [4.69, 9.17) is 15.7 Å². The third kappa shape index (κ3) is 4.40. The molecule has 9 aromatic carbocycles. The van der Waals surface area contributed by atoms with Gasteiger partial charge in [0.25, 0.3) is 0 Å². The van der Waals surface area contributed by atoms with Crippen LogP contribution < -0.4 is 0 Å². The lowest BCUT2D eigenvalue weighted by atomic mass is 9.99. The molecule has 0 aliphatic rings. The minimum absolute atomic E-state index is 0.149. The molecule has 0 aliphatic carbocycles. The number of para-hydroxylation sites is 4. The maximum absolute atomic E-state index is 8.77. The number of furan rings is 2. The van der Waals surface area contributed by atoms with Crippen LogP contribution in [-0.4, -0.2) is 9.13 Å². The van der Waals surface area contributed by atoms with Gasteiger partial charge in [0, 0.05) is 48.8 Å². The van der Waals surface area contributed by atoms with Crippen molar-refractivity contribution in [3.63, 3.8) is 0 Å². The van der Waals surface area contributed by atoms with Gasteiger partial charge in [0.15, 0.2) is 5.58 Å². The van der Waals surface area contributed by atoms with Crippen LogP contribution in [0.15, 0.2) is 203 Å². The van der Waals surface area contributed by atoms with Crippen LogP contribution in [0.2, 0.25) is 0 Å². The molecule has 270 valence electrons. The highest BCUT2D eigenvalue weighted by atomic mass is 16.3. The summed E-state index contributed by atoms with van der Waals surface area (Å²) in [5.74, 6) is 0. The average molecular weight is 746 g/mol. The Labute approximate surface area is 339 Å². The molecule has 0 bridgehead atoms. The van der Waals surface area contributed by atoms with Crippen LogP contribution in [0.3, 0.4) is 0 Å². The van der Waals surface area contributed by atoms with Gasteiger partial charge in [-0.2, -0.15) is 0 Å². The van der Waals surface area contributed by atoms with Crippen molar-refractivity contribution in [2.45, 2.75) is 0 Å². The topological polar surface area (TPSA) is 36.1 Å². The zero-order chi connectivity index (χ0) is 42.2. The third-order valence-corrected chi connectivity index (χ3v) is 11.8. The van der Waals surface area contributed by atoms with Crippen molar-refractivity contribution in [2.24, 2.45) is 0 Å². The van der Waals surface area contributed by atoms with E-state index in [2.05, 4.69) is 130 Å². The Hall–Kier alpha value is -7.82. The highest BCUT2D eigenvalue weighted by molar-refractivity contribution is 6.16. The molecule has 0 N–H and O–H groups in total. The van der Waals surface area contributed by atoms with Crippen molar-refractivity contribution in [1.82, 2.24) is 9.13 Å². The van der Waals surface area contributed by atoms with Gasteiger partial charge in [-0.1, -0.05) is 121 Å². The number of rotatable bonds is 4. The first-order valence-corrected chi connectivity index (χ1v) is 19.3. The molecule has 0 saturated carbocycles. The average Bonchev–Trinajstić information content (AvgIpc) is 4.08. The molecule has 0 fully saturated rings. The van der Waals surface area contributed by atoms with E-state index < -0.39 is 6.04 Å². The van der Waals surface area contributed by atoms with E-state index >= 15 is 0 Å². The van der Waals surface area contributed by atoms with Gasteiger partial charge in [0.1, 0.15) is 16.7 Å². The maximum Gasteiger partial charge on any atom is 0.159 e. The first-order chi connectivity index (χ1) is 30.8. The Morgan fingerprint density at radius 2 is 0.983 bits per heavy atom. The van der Waals surface area contributed by atoms with Gasteiger partial charge in [-0.05, 0) is 95.1 Å². The molecule has 0 atom stereocenters. The molecule has 0 saturated heterocycles. The smallest absolute Gasteiger partial charge is 0.159 e. The second kappa shape index (κ2) is 11.8. The molecule has 0 radical (unpaired) electrons. The fourth-order valence-corrected chi connectivity index (χ4v) is 9.30. The van der Waals surface area contributed by atoms with Gasteiger partial charge in [-0.3, -0.25) is 0 Å². The Morgan fingerprint density at radius 1 is 0.379 bits per heavy atom. The molecular formula is C54H32N2O2. The molecule has 0 amide bonds. The largest absolute Gasteiger partial charge is 0.456 e. The molecule has 4 nitrogen and oxygen atoms in total. The zero-order valence-corrected chi connectivity index (χ0v) is 30.8. The van der Waals surface area contributed by atoms with E-state index in [9.17, 15) is 0 Å². The molecule has 4 heterocycles. The summed E-state index contributed by atoms with van der Waals surface area (Å²) in [7, 11) is 0. The van der Waals surface area contributed by atoms with E-state index in [1.807, 2.05) is 30.3 Å². The number of hydrogen-bond donors (Lipinski definition) is 0. The SMILES string of the molecule is [2H]c1c([2H])c([2H])c(-c2cccc3oc4ccc(-n5c6ccccc6c6cc(-c7ccc8c(c7)c7ccccc7n8-c7cccc8c7oc7ccccc78)ccc65)cc4c23)c([2H])c1[2H]. The first-order valence-electron chi connectivity index (χ1n) is 21.8. The molecule has 0 spiro atoms. The lowest BCUT2D eigenvalue weighted by molar-refractivity contribution is 0.666. The Balaban J connectivity index is 0.979. The summed E-state index contributed by atoms with van der Waals surface area (Å²) in [5.41, 5.74) is 12.0. The second-order valence-electron chi connectivity index (χ2n) is 14.9. The normalized spacial score (nSPS) is 13.3. The van der Waals surface area contributed by atoms with Crippen LogP contribution in [0, 0.1) is 0 Å². The van der Waals surface area contributed by atoms with Crippen LogP contribution in [0.5, 0.6) is 0 Å². The minimum atomic E-state index is -0.420. The molecule has 13 rings (SSSR count).